The fourth-order valence-electron chi connectivity index (χ4n) is 3.77. The van der Waals surface area contributed by atoms with E-state index in [1.54, 1.807) is 0 Å². The van der Waals surface area contributed by atoms with Gasteiger partial charge in [-0.05, 0) is 40.5 Å². The molecule has 0 radical (unpaired) electrons. The van der Waals surface area contributed by atoms with Gasteiger partial charge in [0.05, 0.1) is 0 Å². The zero-order chi connectivity index (χ0) is 20.6. The summed E-state index contributed by atoms with van der Waals surface area (Å²) in [5.74, 6) is 0.894. The van der Waals surface area contributed by atoms with Crippen LogP contribution in [-0.4, -0.2) is 44.2 Å². The topological polar surface area (TPSA) is 88.8 Å². The van der Waals surface area contributed by atoms with E-state index in [1.165, 1.54) is 36.7 Å². The first-order valence-electron chi connectivity index (χ1n) is 10.5. The summed E-state index contributed by atoms with van der Waals surface area (Å²) in [7, 11) is 0. The van der Waals surface area contributed by atoms with Gasteiger partial charge >= 0.3 is 0 Å². The third-order valence-electron chi connectivity index (χ3n) is 5.46. The molecule has 8 nitrogen and oxygen atoms in total. The summed E-state index contributed by atoms with van der Waals surface area (Å²) in [6, 6.07) is 13.4. The summed E-state index contributed by atoms with van der Waals surface area (Å²) in [4.78, 5) is 19.9. The van der Waals surface area contributed by atoms with Gasteiger partial charge in [0, 0.05) is 32.3 Å². The fourth-order valence-corrected chi connectivity index (χ4v) is 3.77. The van der Waals surface area contributed by atoms with Crippen molar-refractivity contribution < 1.29 is 4.79 Å². The van der Waals surface area contributed by atoms with Gasteiger partial charge in [-0.3, -0.25) is 4.79 Å². The molecule has 0 aliphatic carbocycles. The maximum Gasteiger partial charge on any atom is 0.245 e. The SMILES string of the molecule is O=C(NCc1ccc(N2CCCCCC2)nc1)[C@H](Cc1ccccc1)n1cnnn1. The van der Waals surface area contributed by atoms with Gasteiger partial charge in [-0.25, -0.2) is 9.67 Å². The minimum atomic E-state index is -0.508. The zero-order valence-corrected chi connectivity index (χ0v) is 17.0. The second-order valence-electron chi connectivity index (χ2n) is 7.64. The Morgan fingerprint density at radius 1 is 1.00 bits per heavy atom. The molecule has 2 aromatic heterocycles. The van der Waals surface area contributed by atoms with Gasteiger partial charge in [0.15, 0.2) is 0 Å². The third kappa shape index (κ3) is 5.20. The second-order valence-corrected chi connectivity index (χ2v) is 7.64. The van der Waals surface area contributed by atoms with E-state index in [0.717, 1.165) is 30.0 Å². The Bertz CT molecular complexity index is 904. The van der Waals surface area contributed by atoms with E-state index in [0.29, 0.717) is 13.0 Å². The van der Waals surface area contributed by atoms with Crippen LogP contribution in [0.5, 0.6) is 0 Å². The van der Waals surface area contributed by atoms with Gasteiger partial charge in [-0.2, -0.15) is 0 Å². The van der Waals surface area contributed by atoms with Gasteiger partial charge in [0.1, 0.15) is 18.2 Å². The Hall–Kier alpha value is -3.29. The monoisotopic (exact) mass is 405 g/mol. The fraction of sp³-hybridized carbons (Fsp3) is 0.409. The number of pyridine rings is 1. The highest BCUT2D eigenvalue weighted by molar-refractivity contribution is 5.80. The van der Waals surface area contributed by atoms with E-state index in [-0.39, 0.29) is 5.91 Å². The molecule has 1 aliphatic heterocycles. The molecule has 1 N–H and O–H groups in total. The Morgan fingerprint density at radius 3 is 2.47 bits per heavy atom. The average Bonchev–Trinajstić information content (AvgIpc) is 3.19. The van der Waals surface area contributed by atoms with E-state index in [1.807, 2.05) is 42.6 Å². The van der Waals surface area contributed by atoms with Crippen LogP contribution < -0.4 is 10.2 Å². The molecule has 1 aliphatic rings. The van der Waals surface area contributed by atoms with Crippen molar-refractivity contribution in [2.24, 2.45) is 0 Å². The van der Waals surface area contributed by atoms with Gasteiger partial charge < -0.3 is 10.2 Å². The van der Waals surface area contributed by atoms with Crippen molar-refractivity contribution in [1.82, 2.24) is 30.5 Å². The quantitative estimate of drug-likeness (QED) is 0.650. The maximum atomic E-state index is 12.9. The molecule has 1 fully saturated rings. The van der Waals surface area contributed by atoms with E-state index >= 15 is 0 Å². The number of carbonyl (C=O) groups is 1. The highest BCUT2D eigenvalue weighted by Crippen LogP contribution is 2.18. The lowest BCUT2D eigenvalue weighted by Crippen LogP contribution is -2.34. The number of nitrogens with zero attached hydrogens (tertiary/aromatic N) is 6. The highest BCUT2D eigenvalue weighted by Gasteiger charge is 2.22. The third-order valence-corrected chi connectivity index (χ3v) is 5.46. The van der Waals surface area contributed by atoms with E-state index in [4.69, 9.17) is 0 Å². The normalized spacial score (nSPS) is 15.4. The van der Waals surface area contributed by atoms with Crippen LogP contribution in [-0.2, 0) is 17.8 Å². The molecular formula is C22H27N7O. The van der Waals surface area contributed by atoms with Gasteiger partial charge in [0.25, 0.3) is 0 Å². The van der Waals surface area contributed by atoms with Crippen molar-refractivity contribution in [1.29, 1.82) is 0 Å². The number of hydrogen-bond donors (Lipinski definition) is 1. The van der Waals surface area contributed by atoms with Crippen LogP contribution in [0.1, 0.15) is 42.9 Å². The number of hydrogen-bond acceptors (Lipinski definition) is 6. The van der Waals surface area contributed by atoms with Crippen molar-refractivity contribution in [3.8, 4) is 0 Å². The lowest BCUT2D eigenvalue weighted by molar-refractivity contribution is -0.124. The molecule has 8 heteroatoms. The Balaban J connectivity index is 1.38. The highest BCUT2D eigenvalue weighted by atomic mass is 16.2. The summed E-state index contributed by atoms with van der Waals surface area (Å²) in [5, 5.41) is 14.3. The minimum absolute atomic E-state index is 0.122. The van der Waals surface area contributed by atoms with Crippen LogP contribution in [0.25, 0.3) is 0 Å². The van der Waals surface area contributed by atoms with Crippen molar-refractivity contribution >= 4 is 11.7 Å². The number of amides is 1. The Kier molecular flexibility index (Phi) is 6.64. The second kappa shape index (κ2) is 9.96. The van der Waals surface area contributed by atoms with Crippen molar-refractivity contribution in [2.45, 2.75) is 44.7 Å². The number of nitrogens with one attached hydrogen (secondary N) is 1. The number of tetrazole rings is 1. The Labute approximate surface area is 176 Å². The van der Waals surface area contributed by atoms with Crippen molar-refractivity contribution in [2.75, 3.05) is 18.0 Å². The Morgan fingerprint density at radius 2 is 1.80 bits per heavy atom. The molecule has 3 aromatic rings. The first-order chi connectivity index (χ1) is 14.8. The number of aromatic nitrogens is 5. The molecule has 1 amide bonds. The molecule has 0 saturated carbocycles. The molecule has 1 atom stereocenters. The predicted molar refractivity (Wildman–Crippen MR) is 114 cm³/mol. The lowest BCUT2D eigenvalue weighted by atomic mass is 10.1. The van der Waals surface area contributed by atoms with Crippen LogP contribution in [0.2, 0.25) is 0 Å². The number of benzene rings is 1. The first-order valence-corrected chi connectivity index (χ1v) is 10.5. The van der Waals surface area contributed by atoms with Crippen molar-refractivity contribution in [3.05, 3.63) is 66.1 Å². The van der Waals surface area contributed by atoms with Gasteiger partial charge in [0.2, 0.25) is 5.91 Å². The van der Waals surface area contributed by atoms with Crippen LogP contribution in [0.4, 0.5) is 5.82 Å². The summed E-state index contributed by atoms with van der Waals surface area (Å²) in [6.45, 7) is 2.55. The smallest absolute Gasteiger partial charge is 0.245 e. The van der Waals surface area contributed by atoms with E-state index in [9.17, 15) is 4.79 Å². The largest absolute Gasteiger partial charge is 0.357 e. The van der Waals surface area contributed by atoms with Crippen LogP contribution in [0.3, 0.4) is 0 Å². The molecule has 4 rings (SSSR count). The standard InChI is InChI=1S/C22H27N7O/c30-22(20(29-17-25-26-27-29)14-18-8-4-3-5-9-18)24-16-19-10-11-21(23-15-19)28-12-6-1-2-7-13-28/h3-5,8-11,15,17,20H,1-2,6-7,12-14,16H2,(H,24,30)/t20-/m0/s1. The van der Waals surface area contributed by atoms with Crippen LogP contribution in [0.15, 0.2) is 55.0 Å². The number of anilines is 1. The zero-order valence-electron chi connectivity index (χ0n) is 17.0. The van der Waals surface area contributed by atoms with E-state index < -0.39 is 6.04 Å². The van der Waals surface area contributed by atoms with Gasteiger partial charge in [-0.1, -0.05) is 49.2 Å². The molecule has 3 heterocycles. The molecule has 30 heavy (non-hydrogen) atoms. The molecular weight excluding hydrogens is 378 g/mol. The van der Waals surface area contributed by atoms with Gasteiger partial charge in [-0.15, -0.1) is 5.10 Å². The molecule has 1 aromatic carbocycles. The molecule has 0 bridgehead atoms. The predicted octanol–water partition coefficient (Wildman–Crippen LogP) is 2.55. The van der Waals surface area contributed by atoms with Crippen LogP contribution >= 0.6 is 0 Å². The summed E-state index contributed by atoms with van der Waals surface area (Å²) in [5.41, 5.74) is 2.02. The van der Waals surface area contributed by atoms with Crippen LogP contribution in [0, 0.1) is 0 Å². The minimum Gasteiger partial charge on any atom is -0.357 e. The summed E-state index contributed by atoms with van der Waals surface area (Å²) in [6.07, 6.45) is 8.88. The van der Waals surface area contributed by atoms with E-state index in [2.05, 4.69) is 36.8 Å². The summed E-state index contributed by atoms with van der Waals surface area (Å²) < 4.78 is 1.50. The maximum absolute atomic E-state index is 12.9. The molecule has 0 unspecified atom stereocenters. The first kappa shape index (κ1) is 20.0. The molecule has 1 saturated heterocycles. The average molecular weight is 406 g/mol. The van der Waals surface area contributed by atoms with Crippen molar-refractivity contribution in [3.63, 3.8) is 0 Å². The number of carbonyl (C=O) groups excluding carboxylic acids is 1. The number of rotatable bonds is 7. The summed E-state index contributed by atoms with van der Waals surface area (Å²) >= 11 is 0. The lowest BCUT2D eigenvalue weighted by Gasteiger charge is -2.21. The molecule has 156 valence electrons. The molecule has 0 spiro atoms.